The molecule has 0 radical (unpaired) electrons. The standard InChI is InChI=1S/C8H14N2OS/c1-3-4-9-7(12)10-5-8(2,11)6-10/h3,11H,1,4-6H2,2H3,(H,9,12). The average Bonchev–Trinajstić information content (AvgIpc) is 1.95. The van der Waals surface area contributed by atoms with E-state index >= 15 is 0 Å². The maximum atomic E-state index is 9.41. The van der Waals surface area contributed by atoms with Crippen LogP contribution in [0.15, 0.2) is 12.7 Å². The molecule has 2 N–H and O–H groups in total. The van der Waals surface area contributed by atoms with E-state index in [-0.39, 0.29) is 0 Å². The Morgan fingerprint density at radius 2 is 2.42 bits per heavy atom. The highest BCUT2D eigenvalue weighted by atomic mass is 32.1. The van der Waals surface area contributed by atoms with Crippen LogP contribution < -0.4 is 5.32 Å². The number of β-amino-alcohol motifs (C(OH)–C–C–N with tert-alkyl or cyclic N) is 1. The molecular weight excluding hydrogens is 172 g/mol. The number of nitrogens with one attached hydrogen (secondary N) is 1. The molecule has 0 atom stereocenters. The van der Waals surface area contributed by atoms with Crippen LogP contribution in [0.4, 0.5) is 0 Å². The van der Waals surface area contributed by atoms with E-state index in [1.807, 2.05) is 4.90 Å². The first kappa shape index (κ1) is 9.48. The molecule has 12 heavy (non-hydrogen) atoms. The van der Waals surface area contributed by atoms with Gasteiger partial charge in [0.15, 0.2) is 5.11 Å². The quantitative estimate of drug-likeness (QED) is 0.474. The molecule has 68 valence electrons. The molecule has 1 rings (SSSR count). The maximum Gasteiger partial charge on any atom is 0.169 e. The molecule has 1 heterocycles. The summed E-state index contributed by atoms with van der Waals surface area (Å²) in [5, 5.41) is 13.1. The van der Waals surface area contributed by atoms with E-state index in [0.717, 1.165) is 0 Å². The number of rotatable bonds is 2. The van der Waals surface area contributed by atoms with Crippen LogP contribution in [0.5, 0.6) is 0 Å². The molecule has 0 aliphatic carbocycles. The Labute approximate surface area is 78.1 Å². The summed E-state index contributed by atoms with van der Waals surface area (Å²) in [4.78, 5) is 1.93. The smallest absolute Gasteiger partial charge is 0.169 e. The van der Waals surface area contributed by atoms with Crippen LogP contribution in [-0.2, 0) is 0 Å². The molecular formula is C8H14N2OS. The minimum atomic E-state index is -0.556. The average molecular weight is 186 g/mol. The summed E-state index contributed by atoms with van der Waals surface area (Å²) in [5.74, 6) is 0. The minimum Gasteiger partial charge on any atom is -0.386 e. The molecule has 1 fully saturated rings. The first-order valence-corrected chi connectivity index (χ1v) is 4.32. The van der Waals surface area contributed by atoms with Gasteiger partial charge >= 0.3 is 0 Å². The summed E-state index contributed by atoms with van der Waals surface area (Å²) in [7, 11) is 0. The van der Waals surface area contributed by atoms with Gasteiger partial charge in [-0.2, -0.15) is 0 Å². The molecule has 0 aromatic carbocycles. The minimum absolute atomic E-state index is 0.556. The summed E-state index contributed by atoms with van der Waals surface area (Å²) in [6, 6.07) is 0. The number of hydrogen-bond donors (Lipinski definition) is 2. The van der Waals surface area contributed by atoms with Gasteiger partial charge in [-0.05, 0) is 19.1 Å². The molecule has 0 amide bonds. The van der Waals surface area contributed by atoms with E-state index in [0.29, 0.717) is 24.7 Å². The van der Waals surface area contributed by atoms with Crippen LogP contribution in [0.25, 0.3) is 0 Å². The van der Waals surface area contributed by atoms with Crippen molar-refractivity contribution in [2.75, 3.05) is 19.6 Å². The lowest BCUT2D eigenvalue weighted by molar-refractivity contribution is -0.0498. The van der Waals surface area contributed by atoms with Gasteiger partial charge in [-0.3, -0.25) is 0 Å². The van der Waals surface area contributed by atoms with Crippen molar-refractivity contribution in [3.63, 3.8) is 0 Å². The second-order valence-electron chi connectivity index (χ2n) is 3.33. The van der Waals surface area contributed by atoms with Crippen molar-refractivity contribution in [2.24, 2.45) is 0 Å². The van der Waals surface area contributed by atoms with Crippen LogP contribution >= 0.6 is 12.2 Å². The van der Waals surface area contributed by atoms with Gasteiger partial charge in [0.25, 0.3) is 0 Å². The number of thiocarbonyl (C=S) groups is 1. The fourth-order valence-electron chi connectivity index (χ4n) is 1.19. The largest absolute Gasteiger partial charge is 0.386 e. The second kappa shape index (κ2) is 3.41. The van der Waals surface area contributed by atoms with Gasteiger partial charge in [-0.25, -0.2) is 0 Å². The normalized spacial score (nSPS) is 19.7. The molecule has 3 nitrogen and oxygen atoms in total. The van der Waals surface area contributed by atoms with Crippen molar-refractivity contribution in [3.05, 3.63) is 12.7 Å². The van der Waals surface area contributed by atoms with Crippen molar-refractivity contribution in [1.29, 1.82) is 0 Å². The summed E-state index contributed by atoms with van der Waals surface area (Å²) in [6.45, 7) is 7.30. The summed E-state index contributed by atoms with van der Waals surface area (Å²) in [5.41, 5.74) is -0.556. The van der Waals surface area contributed by atoms with Crippen molar-refractivity contribution in [2.45, 2.75) is 12.5 Å². The number of hydrogen-bond acceptors (Lipinski definition) is 2. The first-order chi connectivity index (χ1) is 5.55. The molecule has 1 aliphatic heterocycles. The lowest BCUT2D eigenvalue weighted by Crippen LogP contribution is -2.63. The van der Waals surface area contributed by atoms with E-state index in [1.54, 1.807) is 13.0 Å². The van der Waals surface area contributed by atoms with Crippen molar-refractivity contribution >= 4 is 17.3 Å². The molecule has 0 aromatic rings. The van der Waals surface area contributed by atoms with Gasteiger partial charge in [-0.15, -0.1) is 6.58 Å². The van der Waals surface area contributed by atoms with E-state index in [4.69, 9.17) is 12.2 Å². The van der Waals surface area contributed by atoms with Gasteiger partial charge in [-0.1, -0.05) is 6.08 Å². The molecule has 0 saturated carbocycles. The first-order valence-electron chi connectivity index (χ1n) is 3.91. The van der Waals surface area contributed by atoms with Gasteiger partial charge in [0, 0.05) is 6.54 Å². The van der Waals surface area contributed by atoms with Crippen molar-refractivity contribution < 1.29 is 5.11 Å². The highest BCUT2D eigenvalue weighted by Crippen LogP contribution is 2.19. The highest BCUT2D eigenvalue weighted by Gasteiger charge is 2.37. The zero-order valence-electron chi connectivity index (χ0n) is 7.21. The van der Waals surface area contributed by atoms with Gasteiger partial charge in [0.2, 0.25) is 0 Å². The third-order valence-corrected chi connectivity index (χ3v) is 2.15. The third-order valence-electron chi connectivity index (χ3n) is 1.75. The fourth-order valence-corrected chi connectivity index (χ4v) is 1.40. The van der Waals surface area contributed by atoms with E-state index in [1.165, 1.54) is 0 Å². The SMILES string of the molecule is C=CCNC(=S)N1CC(C)(O)C1. The highest BCUT2D eigenvalue weighted by molar-refractivity contribution is 7.80. The Bertz CT molecular complexity index is 195. The van der Waals surface area contributed by atoms with E-state index in [9.17, 15) is 5.11 Å². The van der Waals surface area contributed by atoms with Gasteiger partial charge in [0.1, 0.15) is 0 Å². The van der Waals surface area contributed by atoms with Crippen LogP contribution in [0.1, 0.15) is 6.92 Å². The monoisotopic (exact) mass is 186 g/mol. The van der Waals surface area contributed by atoms with Gasteiger partial charge < -0.3 is 15.3 Å². The van der Waals surface area contributed by atoms with Gasteiger partial charge in [0.05, 0.1) is 18.7 Å². The fraction of sp³-hybridized carbons (Fsp3) is 0.625. The predicted octanol–water partition coefficient (Wildman–Crippen LogP) is 0.114. The van der Waals surface area contributed by atoms with Crippen LogP contribution in [0, 0.1) is 0 Å². The molecule has 1 aliphatic rings. The zero-order chi connectivity index (χ0) is 9.19. The summed E-state index contributed by atoms with van der Waals surface area (Å²) >= 11 is 5.05. The Morgan fingerprint density at radius 3 is 2.83 bits per heavy atom. The molecule has 0 aromatic heterocycles. The van der Waals surface area contributed by atoms with E-state index < -0.39 is 5.60 Å². The van der Waals surface area contributed by atoms with Crippen LogP contribution in [-0.4, -0.2) is 40.4 Å². The molecule has 4 heteroatoms. The Balaban J connectivity index is 2.24. The Kier molecular flexibility index (Phi) is 2.69. The summed E-state index contributed by atoms with van der Waals surface area (Å²) < 4.78 is 0. The molecule has 0 spiro atoms. The Hall–Kier alpha value is -0.610. The molecule has 0 unspecified atom stereocenters. The number of likely N-dealkylation sites (tertiary alicyclic amines) is 1. The molecule has 1 saturated heterocycles. The lowest BCUT2D eigenvalue weighted by Gasteiger charge is -2.45. The molecule has 0 bridgehead atoms. The second-order valence-corrected chi connectivity index (χ2v) is 3.71. The van der Waals surface area contributed by atoms with Crippen molar-refractivity contribution in [3.8, 4) is 0 Å². The zero-order valence-corrected chi connectivity index (χ0v) is 8.02. The number of nitrogens with zero attached hydrogens (tertiary/aromatic N) is 1. The topological polar surface area (TPSA) is 35.5 Å². The maximum absolute atomic E-state index is 9.41. The van der Waals surface area contributed by atoms with E-state index in [2.05, 4.69) is 11.9 Å². The lowest BCUT2D eigenvalue weighted by atomic mass is 9.98. The van der Waals surface area contributed by atoms with Crippen LogP contribution in [0.3, 0.4) is 0 Å². The van der Waals surface area contributed by atoms with Crippen molar-refractivity contribution in [1.82, 2.24) is 10.2 Å². The number of aliphatic hydroxyl groups is 1. The summed E-state index contributed by atoms with van der Waals surface area (Å²) in [6.07, 6.45) is 1.75. The third kappa shape index (κ3) is 2.19. The Morgan fingerprint density at radius 1 is 1.83 bits per heavy atom. The van der Waals surface area contributed by atoms with Crippen LogP contribution in [0.2, 0.25) is 0 Å². The predicted molar refractivity (Wildman–Crippen MR) is 53.0 cm³/mol.